The summed E-state index contributed by atoms with van der Waals surface area (Å²) in [5, 5.41) is 2.70. The Kier molecular flexibility index (Phi) is 3.76. The Morgan fingerprint density at radius 3 is 2.12 bits per heavy atom. The van der Waals surface area contributed by atoms with E-state index >= 15 is 0 Å². The van der Waals surface area contributed by atoms with Gasteiger partial charge in [-0.1, -0.05) is 48.2 Å². The number of para-hydroxylation sites is 2. The van der Waals surface area contributed by atoms with Crippen LogP contribution in [0.25, 0.3) is 21.8 Å². The van der Waals surface area contributed by atoms with E-state index in [1.165, 1.54) is 11.8 Å². The maximum atomic E-state index is 12.8. The van der Waals surface area contributed by atoms with Crippen LogP contribution < -0.4 is 4.90 Å². The van der Waals surface area contributed by atoms with Crippen LogP contribution in [0.15, 0.2) is 53.5 Å². The quantitative estimate of drug-likeness (QED) is 0.602. The normalized spacial score (nSPS) is 17.2. The third-order valence-corrected chi connectivity index (χ3v) is 4.90. The Hall–Kier alpha value is -2.40. The summed E-state index contributed by atoms with van der Waals surface area (Å²) in [7, 11) is 0. The molecule has 4 nitrogen and oxygen atoms in total. The summed E-state index contributed by atoms with van der Waals surface area (Å²) in [6.45, 7) is 6.14. The second-order valence-corrected chi connectivity index (χ2v) is 8.02. The first-order valence-electron chi connectivity index (χ1n) is 8.27. The van der Waals surface area contributed by atoms with Gasteiger partial charge >= 0.3 is 0 Å². The maximum absolute atomic E-state index is 12.8. The zero-order valence-electron chi connectivity index (χ0n) is 14.5. The molecule has 0 radical (unpaired) electrons. The van der Waals surface area contributed by atoms with E-state index in [1.54, 1.807) is 4.90 Å². The molecule has 126 valence electrons. The summed E-state index contributed by atoms with van der Waals surface area (Å²) >= 11 is 1.50. The van der Waals surface area contributed by atoms with E-state index in [0.717, 1.165) is 32.7 Å². The van der Waals surface area contributed by atoms with Crippen LogP contribution in [0.3, 0.4) is 0 Å². The highest BCUT2D eigenvalue weighted by Crippen LogP contribution is 2.38. The highest BCUT2D eigenvalue weighted by molar-refractivity contribution is 8.15. The number of hydrogen-bond acceptors (Lipinski definition) is 4. The minimum atomic E-state index is -0.246. The molecule has 0 saturated carbocycles. The predicted molar refractivity (Wildman–Crippen MR) is 106 cm³/mol. The maximum Gasteiger partial charge on any atom is 0.243 e. The molecule has 0 unspecified atom stereocenters. The van der Waals surface area contributed by atoms with Crippen molar-refractivity contribution in [3.8, 4) is 0 Å². The molecule has 0 bridgehead atoms. The molecule has 0 atom stereocenters. The van der Waals surface area contributed by atoms with Gasteiger partial charge in [0.1, 0.15) is 0 Å². The highest BCUT2D eigenvalue weighted by Gasteiger charge is 2.33. The third kappa shape index (κ3) is 2.89. The van der Waals surface area contributed by atoms with E-state index in [-0.39, 0.29) is 11.4 Å². The van der Waals surface area contributed by atoms with Crippen molar-refractivity contribution >= 4 is 50.3 Å². The van der Waals surface area contributed by atoms with Gasteiger partial charge in [0.05, 0.1) is 28.0 Å². The van der Waals surface area contributed by atoms with Gasteiger partial charge in [-0.15, -0.1) is 0 Å². The summed E-state index contributed by atoms with van der Waals surface area (Å²) in [5.74, 6) is 0.481. The second-order valence-electron chi connectivity index (χ2n) is 7.08. The van der Waals surface area contributed by atoms with Gasteiger partial charge in [-0.05, 0) is 32.9 Å². The zero-order valence-corrected chi connectivity index (χ0v) is 15.3. The first-order chi connectivity index (χ1) is 11.9. The molecule has 2 heterocycles. The number of carbonyl (C=O) groups is 1. The number of carbonyl (C=O) groups excluding carboxylic acids is 1. The molecule has 3 aromatic rings. The fourth-order valence-corrected chi connectivity index (χ4v) is 4.05. The summed E-state index contributed by atoms with van der Waals surface area (Å²) < 4.78 is 0. The number of hydrogen-bond donors (Lipinski definition) is 0. The van der Waals surface area contributed by atoms with E-state index in [1.807, 2.05) is 69.3 Å². The van der Waals surface area contributed by atoms with Crippen LogP contribution >= 0.6 is 11.8 Å². The van der Waals surface area contributed by atoms with E-state index in [9.17, 15) is 4.79 Å². The number of amides is 1. The van der Waals surface area contributed by atoms with Crippen molar-refractivity contribution in [2.45, 2.75) is 26.3 Å². The summed E-state index contributed by atoms with van der Waals surface area (Å²) in [5.41, 5.74) is 2.41. The second kappa shape index (κ2) is 5.85. The number of rotatable bonds is 1. The number of aromatic nitrogens is 1. The van der Waals surface area contributed by atoms with Crippen molar-refractivity contribution in [3.63, 3.8) is 0 Å². The lowest BCUT2D eigenvalue weighted by atomic mass is 10.1. The average Bonchev–Trinajstić information content (AvgIpc) is 2.91. The van der Waals surface area contributed by atoms with Gasteiger partial charge in [-0.25, -0.2) is 4.98 Å². The Labute approximate surface area is 151 Å². The molecule has 4 rings (SSSR count). The molecule has 2 aromatic carbocycles. The first-order valence-corrected chi connectivity index (χ1v) is 9.26. The SMILES string of the molecule is CC(C)(C)N=C1SCC(=O)N1c1c2ccccc2nc2ccccc12. The monoisotopic (exact) mass is 349 g/mol. The standard InChI is InChI=1S/C20H19N3OS/c1-20(2,3)22-19-23(17(24)12-25-19)18-13-8-4-6-10-15(13)21-16-11-7-5-9-14(16)18/h4-11H,12H2,1-3H3. The van der Waals surface area contributed by atoms with Crippen LogP contribution in [0.1, 0.15) is 20.8 Å². The molecular formula is C20H19N3OS. The van der Waals surface area contributed by atoms with Crippen molar-refractivity contribution in [1.82, 2.24) is 4.98 Å². The summed E-state index contributed by atoms with van der Waals surface area (Å²) in [6, 6.07) is 15.9. The largest absolute Gasteiger partial charge is 0.273 e. The Morgan fingerprint density at radius 2 is 1.56 bits per heavy atom. The lowest BCUT2D eigenvalue weighted by molar-refractivity contribution is -0.115. The van der Waals surface area contributed by atoms with Crippen LogP contribution in [0.4, 0.5) is 5.69 Å². The fraction of sp³-hybridized carbons (Fsp3) is 0.250. The van der Waals surface area contributed by atoms with E-state index < -0.39 is 0 Å². The molecule has 5 heteroatoms. The average molecular weight is 349 g/mol. The molecule has 1 saturated heterocycles. The lowest BCUT2D eigenvalue weighted by Gasteiger charge is -2.23. The molecular weight excluding hydrogens is 330 g/mol. The number of fused-ring (bicyclic) bond motifs is 2. The number of benzene rings is 2. The smallest absolute Gasteiger partial charge is 0.243 e. The number of amidine groups is 1. The fourth-order valence-electron chi connectivity index (χ4n) is 3.01. The minimum absolute atomic E-state index is 0.0644. The molecule has 0 N–H and O–H groups in total. The van der Waals surface area contributed by atoms with Crippen molar-refractivity contribution in [2.75, 3.05) is 10.7 Å². The number of pyridine rings is 1. The van der Waals surface area contributed by atoms with E-state index in [4.69, 9.17) is 9.98 Å². The van der Waals surface area contributed by atoms with Crippen molar-refractivity contribution < 1.29 is 4.79 Å². The number of aliphatic imine (C=N–C) groups is 1. The molecule has 25 heavy (non-hydrogen) atoms. The molecule has 1 aliphatic rings. The van der Waals surface area contributed by atoms with Crippen molar-refractivity contribution in [1.29, 1.82) is 0 Å². The molecule has 0 aliphatic carbocycles. The van der Waals surface area contributed by atoms with E-state index in [0.29, 0.717) is 5.75 Å². The predicted octanol–water partition coefficient (Wildman–Crippen LogP) is 4.62. The molecule has 0 spiro atoms. The molecule has 1 fully saturated rings. The Balaban J connectivity index is 2.07. The molecule has 1 aromatic heterocycles. The van der Waals surface area contributed by atoms with Crippen molar-refractivity contribution in [2.24, 2.45) is 4.99 Å². The van der Waals surface area contributed by atoms with Crippen LogP contribution in [0, 0.1) is 0 Å². The van der Waals surface area contributed by atoms with Crippen LogP contribution in [-0.4, -0.2) is 27.4 Å². The van der Waals surface area contributed by atoms with Gasteiger partial charge in [0.15, 0.2) is 5.17 Å². The Morgan fingerprint density at radius 1 is 1.00 bits per heavy atom. The van der Waals surface area contributed by atoms with Crippen LogP contribution in [-0.2, 0) is 4.79 Å². The van der Waals surface area contributed by atoms with Crippen LogP contribution in [0.2, 0.25) is 0 Å². The van der Waals surface area contributed by atoms with Gasteiger partial charge in [0, 0.05) is 10.8 Å². The zero-order chi connectivity index (χ0) is 17.6. The minimum Gasteiger partial charge on any atom is -0.273 e. The van der Waals surface area contributed by atoms with Gasteiger partial charge in [0.25, 0.3) is 0 Å². The van der Waals surface area contributed by atoms with Crippen LogP contribution in [0.5, 0.6) is 0 Å². The Bertz CT molecular complexity index is 966. The first kappa shape index (κ1) is 16.1. The number of nitrogens with zero attached hydrogens (tertiary/aromatic N) is 3. The summed E-state index contributed by atoms with van der Waals surface area (Å²) in [6.07, 6.45) is 0. The van der Waals surface area contributed by atoms with Gasteiger partial charge in [-0.2, -0.15) is 0 Å². The van der Waals surface area contributed by atoms with E-state index in [2.05, 4.69) is 0 Å². The molecule has 1 amide bonds. The van der Waals surface area contributed by atoms with Gasteiger partial charge < -0.3 is 0 Å². The van der Waals surface area contributed by atoms with Gasteiger partial charge in [-0.3, -0.25) is 14.7 Å². The topological polar surface area (TPSA) is 45.6 Å². The highest BCUT2D eigenvalue weighted by atomic mass is 32.2. The number of anilines is 1. The number of thioether (sulfide) groups is 1. The van der Waals surface area contributed by atoms with Gasteiger partial charge in [0.2, 0.25) is 5.91 Å². The third-order valence-electron chi connectivity index (χ3n) is 3.98. The van der Waals surface area contributed by atoms with Crippen molar-refractivity contribution in [3.05, 3.63) is 48.5 Å². The molecule has 1 aliphatic heterocycles. The summed E-state index contributed by atoms with van der Waals surface area (Å²) in [4.78, 5) is 24.1. The lowest BCUT2D eigenvalue weighted by Crippen LogP contribution is -2.31.